The van der Waals surface area contributed by atoms with Gasteiger partial charge in [0.15, 0.2) is 0 Å². The van der Waals surface area contributed by atoms with E-state index >= 15 is 0 Å². The van der Waals surface area contributed by atoms with Crippen molar-refractivity contribution >= 4 is 18.0 Å². The maximum atomic E-state index is 11.6. The second-order valence-corrected chi connectivity index (χ2v) is 3.98. The first kappa shape index (κ1) is 15.4. The fourth-order valence-corrected chi connectivity index (χ4v) is 1.49. The number of nitriles is 1. The van der Waals surface area contributed by atoms with Crippen molar-refractivity contribution in [1.82, 2.24) is 5.32 Å². The zero-order valence-electron chi connectivity index (χ0n) is 10.6. The number of aliphatic carboxylic acids is 1. The second kappa shape index (κ2) is 7.71. The summed E-state index contributed by atoms with van der Waals surface area (Å²) in [4.78, 5) is 22.3. The summed E-state index contributed by atoms with van der Waals surface area (Å²) in [7, 11) is 0. The van der Waals surface area contributed by atoms with Crippen molar-refractivity contribution < 1.29 is 19.8 Å². The zero-order chi connectivity index (χ0) is 15.0. The number of rotatable bonds is 6. The van der Waals surface area contributed by atoms with Gasteiger partial charge in [-0.2, -0.15) is 5.26 Å². The molecule has 0 spiro atoms. The Morgan fingerprint density at radius 2 is 2.20 bits per heavy atom. The smallest absolute Gasteiger partial charge is 0.326 e. The van der Waals surface area contributed by atoms with E-state index in [4.69, 9.17) is 15.5 Å². The van der Waals surface area contributed by atoms with Gasteiger partial charge >= 0.3 is 5.97 Å². The Morgan fingerprint density at radius 1 is 1.45 bits per heavy atom. The molecule has 0 aliphatic carbocycles. The molecule has 0 aliphatic rings. The molecule has 6 nitrogen and oxygen atoms in total. The minimum atomic E-state index is -1.20. The minimum absolute atomic E-state index is 0.0567. The zero-order valence-corrected chi connectivity index (χ0v) is 10.6. The molecule has 0 fully saturated rings. The SMILES string of the molecule is N#Cc1cccc(/C=C/C(=O)N[C@@H](CCO)C(=O)O)c1. The molecule has 1 amide bonds. The summed E-state index contributed by atoms with van der Waals surface area (Å²) in [6.07, 6.45) is 2.61. The third kappa shape index (κ3) is 4.92. The number of carboxylic acid groups (broad SMARTS) is 1. The number of carbonyl (C=O) groups excluding carboxylic acids is 1. The van der Waals surface area contributed by atoms with Crippen molar-refractivity contribution in [2.75, 3.05) is 6.61 Å². The van der Waals surface area contributed by atoms with Gasteiger partial charge in [-0.25, -0.2) is 4.79 Å². The fourth-order valence-electron chi connectivity index (χ4n) is 1.49. The summed E-state index contributed by atoms with van der Waals surface area (Å²) >= 11 is 0. The molecule has 0 saturated heterocycles. The van der Waals surface area contributed by atoms with Crippen LogP contribution in [-0.2, 0) is 9.59 Å². The molecule has 0 aliphatic heterocycles. The molecule has 6 heteroatoms. The lowest BCUT2D eigenvalue weighted by Crippen LogP contribution is -2.40. The Labute approximate surface area is 116 Å². The molecule has 104 valence electrons. The molecule has 0 radical (unpaired) electrons. The lowest BCUT2D eigenvalue weighted by molar-refractivity contribution is -0.141. The highest BCUT2D eigenvalue weighted by Crippen LogP contribution is 2.06. The van der Waals surface area contributed by atoms with E-state index in [2.05, 4.69) is 5.32 Å². The normalized spacial score (nSPS) is 11.8. The van der Waals surface area contributed by atoms with E-state index < -0.39 is 17.9 Å². The summed E-state index contributed by atoms with van der Waals surface area (Å²) < 4.78 is 0. The molecule has 20 heavy (non-hydrogen) atoms. The second-order valence-electron chi connectivity index (χ2n) is 3.98. The molecule has 1 rings (SSSR count). The third-order valence-corrected chi connectivity index (χ3v) is 2.48. The van der Waals surface area contributed by atoms with Gasteiger partial charge in [0.2, 0.25) is 5.91 Å². The van der Waals surface area contributed by atoms with Gasteiger partial charge in [0.25, 0.3) is 0 Å². The van der Waals surface area contributed by atoms with Gasteiger partial charge in [0.05, 0.1) is 11.6 Å². The first-order chi connectivity index (χ1) is 9.56. The van der Waals surface area contributed by atoms with E-state index in [9.17, 15) is 9.59 Å². The number of nitrogens with one attached hydrogen (secondary N) is 1. The van der Waals surface area contributed by atoms with Crippen molar-refractivity contribution in [2.45, 2.75) is 12.5 Å². The van der Waals surface area contributed by atoms with E-state index in [0.29, 0.717) is 11.1 Å². The summed E-state index contributed by atoms with van der Waals surface area (Å²) in [5, 5.41) is 28.5. The van der Waals surface area contributed by atoms with Crippen molar-refractivity contribution in [3.8, 4) is 6.07 Å². The molecular weight excluding hydrogens is 260 g/mol. The van der Waals surface area contributed by atoms with E-state index in [1.165, 1.54) is 12.2 Å². The van der Waals surface area contributed by atoms with E-state index in [1.807, 2.05) is 6.07 Å². The lowest BCUT2D eigenvalue weighted by atomic mass is 10.1. The van der Waals surface area contributed by atoms with Crippen molar-refractivity contribution in [2.24, 2.45) is 0 Å². The van der Waals surface area contributed by atoms with E-state index in [0.717, 1.165) is 0 Å². The highest BCUT2D eigenvalue weighted by atomic mass is 16.4. The van der Waals surface area contributed by atoms with Gasteiger partial charge < -0.3 is 15.5 Å². The van der Waals surface area contributed by atoms with E-state index in [1.54, 1.807) is 24.3 Å². The van der Waals surface area contributed by atoms with Crippen LogP contribution >= 0.6 is 0 Å². The maximum Gasteiger partial charge on any atom is 0.326 e. The van der Waals surface area contributed by atoms with Gasteiger partial charge in [-0.05, 0) is 23.8 Å². The Hall–Kier alpha value is -2.65. The lowest BCUT2D eigenvalue weighted by Gasteiger charge is -2.11. The standard InChI is InChI=1S/C14H14N2O4/c15-9-11-3-1-2-10(8-11)4-5-13(18)16-12(6-7-17)14(19)20/h1-5,8,12,17H,6-7H2,(H,16,18)(H,19,20)/b5-4+/t12-/m0/s1. The number of hydrogen-bond acceptors (Lipinski definition) is 4. The summed E-state index contributed by atoms with van der Waals surface area (Å²) in [5.74, 6) is -1.78. The number of aliphatic hydroxyl groups is 1. The average molecular weight is 274 g/mol. The predicted octanol–water partition coefficient (Wildman–Crippen LogP) is 0.523. The Morgan fingerprint density at radius 3 is 2.80 bits per heavy atom. The van der Waals surface area contributed by atoms with Crippen LogP contribution in [-0.4, -0.2) is 34.7 Å². The minimum Gasteiger partial charge on any atom is -0.480 e. The van der Waals surface area contributed by atoms with Crippen LogP contribution < -0.4 is 5.32 Å². The monoisotopic (exact) mass is 274 g/mol. The van der Waals surface area contributed by atoms with Crippen LogP contribution in [0, 0.1) is 11.3 Å². The van der Waals surface area contributed by atoms with E-state index in [-0.39, 0.29) is 13.0 Å². The van der Waals surface area contributed by atoms with Gasteiger partial charge in [-0.1, -0.05) is 12.1 Å². The number of hydrogen-bond donors (Lipinski definition) is 3. The topological polar surface area (TPSA) is 110 Å². The van der Waals surface area contributed by atoms with Gasteiger partial charge in [-0.15, -0.1) is 0 Å². The summed E-state index contributed by atoms with van der Waals surface area (Å²) in [6, 6.07) is 7.50. The molecule has 0 unspecified atom stereocenters. The molecule has 0 aromatic heterocycles. The third-order valence-electron chi connectivity index (χ3n) is 2.48. The number of carboxylic acids is 1. The number of aliphatic hydroxyl groups excluding tert-OH is 1. The van der Waals surface area contributed by atoms with Crippen molar-refractivity contribution in [3.63, 3.8) is 0 Å². The Balaban J connectivity index is 2.67. The van der Waals surface area contributed by atoms with Crippen molar-refractivity contribution in [3.05, 3.63) is 41.5 Å². The van der Waals surface area contributed by atoms with Crippen LogP contribution in [0.3, 0.4) is 0 Å². The molecule has 0 saturated carbocycles. The first-order valence-corrected chi connectivity index (χ1v) is 5.89. The van der Waals surface area contributed by atoms with Gasteiger partial charge in [0.1, 0.15) is 6.04 Å². The van der Waals surface area contributed by atoms with Crippen LogP contribution in [0.25, 0.3) is 6.08 Å². The molecule has 0 heterocycles. The number of carbonyl (C=O) groups is 2. The summed E-state index contributed by atoms with van der Waals surface area (Å²) in [5.41, 5.74) is 1.13. The molecule has 1 aromatic rings. The fraction of sp³-hybridized carbons (Fsp3) is 0.214. The highest BCUT2D eigenvalue weighted by Gasteiger charge is 2.17. The van der Waals surface area contributed by atoms with Gasteiger partial charge in [-0.3, -0.25) is 4.79 Å². The molecule has 0 bridgehead atoms. The highest BCUT2D eigenvalue weighted by molar-refractivity contribution is 5.94. The molecule has 3 N–H and O–H groups in total. The largest absolute Gasteiger partial charge is 0.480 e. The summed E-state index contributed by atoms with van der Waals surface area (Å²) in [6.45, 7) is -0.328. The van der Waals surface area contributed by atoms with Crippen LogP contribution in [0.4, 0.5) is 0 Å². The maximum absolute atomic E-state index is 11.6. The van der Waals surface area contributed by atoms with Crippen LogP contribution in [0.2, 0.25) is 0 Å². The van der Waals surface area contributed by atoms with Crippen LogP contribution in [0.5, 0.6) is 0 Å². The number of nitrogens with zero attached hydrogens (tertiary/aromatic N) is 1. The van der Waals surface area contributed by atoms with Crippen molar-refractivity contribution in [1.29, 1.82) is 5.26 Å². The first-order valence-electron chi connectivity index (χ1n) is 5.89. The average Bonchev–Trinajstić information content (AvgIpc) is 2.44. The van der Waals surface area contributed by atoms with Gasteiger partial charge in [0, 0.05) is 19.1 Å². The predicted molar refractivity (Wildman–Crippen MR) is 71.5 cm³/mol. The Kier molecular flexibility index (Phi) is 5.94. The molecule has 1 aromatic carbocycles. The Bertz CT molecular complexity index is 561. The number of amides is 1. The molecule has 1 atom stereocenters. The quantitative estimate of drug-likeness (QED) is 0.655. The van der Waals surface area contributed by atoms with Crippen LogP contribution in [0.1, 0.15) is 17.5 Å². The number of benzene rings is 1. The van der Waals surface area contributed by atoms with Crippen LogP contribution in [0.15, 0.2) is 30.3 Å². The molecular formula is C14H14N2O4.